The molecule has 0 fully saturated rings. The number of carbonyl (C=O) groups is 1. The molecule has 0 saturated carbocycles. The van der Waals surface area contributed by atoms with E-state index in [-0.39, 0.29) is 11.8 Å². The SMILES string of the molecule is COCCC1CC(c2cccc3ncccc23)=CC(=O)NC1=S. The van der Waals surface area contributed by atoms with Gasteiger partial charge in [-0.25, -0.2) is 0 Å². The second kappa shape index (κ2) is 6.98. The van der Waals surface area contributed by atoms with E-state index in [1.807, 2.05) is 30.3 Å². The molecule has 1 aliphatic rings. The lowest BCUT2D eigenvalue weighted by Crippen LogP contribution is -2.31. The fourth-order valence-corrected chi connectivity index (χ4v) is 3.20. The Morgan fingerprint density at radius 3 is 3.04 bits per heavy atom. The van der Waals surface area contributed by atoms with Crippen LogP contribution in [0.15, 0.2) is 42.6 Å². The summed E-state index contributed by atoms with van der Waals surface area (Å²) in [6, 6.07) is 9.92. The van der Waals surface area contributed by atoms with Crippen molar-refractivity contribution in [3.63, 3.8) is 0 Å². The Morgan fingerprint density at radius 1 is 1.35 bits per heavy atom. The van der Waals surface area contributed by atoms with Gasteiger partial charge in [-0.05, 0) is 36.1 Å². The molecule has 2 aromatic rings. The highest BCUT2D eigenvalue weighted by Crippen LogP contribution is 2.31. The molecule has 1 aliphatic heterocycles. The molecule has 1 aromatic heterocycles. The second-order valence-electron chi connectivity index (χ2n) is 5.58. The summed E-state index contributed by atoms with van der Waals surface area (Å²) in [5.41, 5.74) is 2.95. The van der Waals surface area contributed by atoms with Crippen molar-refractivity contribution < 1.29 is 9.53 Å². The molecule has 23 heavy (non-hydrogen) atoms. The van der Waals surface area contributed by atoms with E-state index in [1.54, 1.807) is 19.4 Å². The summed E-state index contributed by atoms with van der Waals surface area (Å²) in [5.74, 6) is -0.0691. The van der Waals surface area contributed by atoms with Gasteiger partial charge >= 0.3 is 0 Å². The third-order valence-corrected chi connectivity index (χ3v) is 4.49. The Labute approximate surface area is 140 Å². The van der Waals surface area contributed by atoms with Crippen molar-refractivity contribution in [3.05, 3.63) is 48.2 Å². The van der Waals surface area contributed by atoms with Gasteiger partial charge in [-0.2, -0.15) is 0 Å². The summed E-state index contributed by atoms with van der Waals surface area (Å²) in [4.78, 5) is 17.1. The van der Waals surface area contributed by atoms with Crippen molar-refractivity contribution in [1.29, 1.82) is 0 Å². The second-order valence-corrected chi connectivity index (χ2v) is 6.02. The standard InChI is InChI=1S/C18H18N2O2S/c1-22-9-7-12-10-13(11-17(21)20-18(12)23)14-4-2-6-16-15(14)5-3-8-19-16/h2-6,8,11-12H,7,9-10H2,1H3,(H,20,21,23). The van der Waals surface area contributed by atoms with E-state index < -0.39 is 0 Å². The first kappa shape index (κ1) is 15.8. The molecule has 4 nitrogen and oxygen atoms in total. The number of nitrogens with zero attached hydrogens (tertiary/aromatic N) is 1. The van der Waals surface area contributed by atoms with Crippen molar-refractivity contribution in [2.24, 2.45) is 5.92 Å². The molecule has 0 aliphatic carbocycles. The van der Waals surface area contributed by atoms with E-state index in [0.717, 1.165) is 34.9 Å². The van der Waals surface area contributed by atoms with Gasteiger partial charge in [-0.1, -0.05) is 30.4 Å². The number of aromatic nitrogens is 1. The molecule has 1 unspecified atom stereocenters. The molecule has 5 heteroatoms. The smallest absolute Gasteiger partial charge is 0.249 e. The molecule has 1 atom stereocenters. The Hall–Kier alpha value is -2.11. The summed E-state index contributed by atoms with van der Waals surface area (Å²) >= 11 is 5.37. The van der Waals surface area contributed by atoms with E-state index >= 15 is 0 Å². The number of hydrogen-bond acceptors (Lipinski definition) is 4. The Kier molecular flexibility index (Phi) is 4.79. The monoisotopic (exact) mass is 326 g/mol. The summed E-state index contributed by atoms with van der Waals surface area (Å²) in [6.45, 7) is 0.616. The van der Waals surface area contributed by atoms with Crippen LogP contribution in [-0.2, 0) is 9.53 Å². The van der Waals surface area contributed by atoms with Crippen molar-refractivity contribution in [2.45, 2.75) is 12.8 Å². The van der Waals surface area contributed by atoms with E-state index in [0.29, 0.717) is 11.6 Å². The van der Waals surface area contributed by atoms with Crippen LogP contribution >= 0.6 is 12.2 Å². The molecule has 1 aromatic carbocycles. The Balaban J connectivity index is 2.01. The molecule has 0 saturated heterocycles. The number of benzene rings is 1. The molecule has 2 heterocycles. The minimum absolute atomic E-state index is 0.0922. The summed E-state index contributed by atoms with van der Waals surface area (Å²) in [7, 11) is 1.67. The van der Waals surface area contributed by atoms with Gasteiger partial charge in [-0.3, -0.25) is 9.78 Å². The van der Waals surface area contributed by atoms with Crippen LogP contribution in [-0.4, -0.2) is 29.6 Å². The molecular weight excluding hydrogens is 308 g/mol. The highest BCUT2D eigenvalue weighted by molar-refractivity contribution is 7.80. The van der Waals surface area contributed by atoms with Crippen LogP contribution in [0.4, 0.5) is 0 Å². The maximum absolute atomic E-state index is 12.1. The fourth-order valence-electron chi connectivity index (χ4n) is 2.90. The number of fused-ring (bicyclic) bond motifs is 1. The van der Waals surface area contributed by atoms with Crippen molar-refractivity contribution in [3.8, 4) is 0 Å². The lowest BCUT2D eigenvalue weighted by Gasteiger charge is -2.17. The zero-order chi connectivity index (χ0) is 16.2. The Morgan fingerprint density at radius 2 is 2.22 bits per heavy atom. The van der Waals surface area contributed by atoms with Gasteiger partial charge in [0.15, 0.2) is 0 Å². The highest BCUT2D eigenvalue weighted by atomic mass is 32.1. The topological polar surface area (TPSA) is 51.2 Å². The molecule has 0 bridgehead atoms. The van der Waals surface area contributed by atoms with Crippen LogP contribution in [0.25, 0.3) is 16.5 Å². The molecule has 1 amide bonds. The maximum atomic E-state index is 12.1. The predicted molar refractivity (Wildman–Crippen MR) is 95.1 cm³/mol. The first-order valence-electron chi connectivity index (χ1n) is 7.57. The van der Waals surface area contributed by atoms with E-state index in [9.17, 15) is 4.79 Å². The summed E-state index contributed by atoms with van der Waals surface area (Å²) in [5, 5.41) is 3.84. The molecule has 1 N–H and O–H groups in total. The lowest BCUT2D eigenvalue weighted by atomic mass is 9.91. The van der Waals surface area contributed by atoms with Crippen LogP contribution < -0.4 is 5.32 Å². The summed E-state index contributed by atoms with van der Waals surface area (Å²) < 4.78 is 5.17. The summed E-state index contributed by atoms with van der Waals surface area (Å²) in [6.07, 6.45) is 4.93. The quantitative estimate of drug-likeness (QED) is 0.877. The Bertz CT molecular complexity index is 780. The van der Waals surface area contributed by atoms with Crippen molar-refractivity contribution in [1.82, 2.24) is 10.3 Å². The van der Waals surface area contributed by atoms with Crippen LogP contribution in [0.1, 0.15) is 18.4 Å². The van der Waals surface area contributed by atoms with E-state index in [1.165, 1.54) is 0 Å². The number of pyridine rings is 1. The number of nitrogens with one attached hydrogen (secondary N) is 1. The zero-order valence-corrected chi connectivity index (χ0v) is 13.7. The number of ether oxygens (including phenoxy) is 1. The fraction of sp³-hybridized carbons (Fsp3) is 0.278. The number of amides is 1. The number of hydrogen-bond donors (Lipinski definition) is 1. The number of carbonyl (C=O) groups excluding carboxylic acids is 1. The molecular formula is C18H18N2O2S. The van der Waals surface area contributed by atoms with Gasteiger partial charge < -0.3 is 10.1 Å². The van der Waals surface area contributed by atoms with Crippen LogP contribution in [0.2, 0.25) is 0 Å². The van der Waals surface area contributed by atoms with E-state index in [4.69, 9.17) is 17.0 Å². The molecule has 118 valence electrons. The van der Waals surface area contributed by atoms with Gasteiger partial charge in [0.25, 0.3) is 0 Å². The van der Waals surface area contributed by atoms with Gasteiger partial charge in [0.1, 0.15) is 0 Å². The number of methoxy groups -OCH3 is 1. The van der Waals surface area contributed by atoms with Gasteiger partial charge in [0.05, 0.1) is 10.5 Å². The number of thiocarbonyl (C=S) groups is 1. The average Bonchev–Trinajstić information content (AvgIpc) is 2.70. The third-order valence-electron chi connectivity index (χ3n) is 4.05. The number of rotatable bonds is 4. The first-order chi connectivity index (χ1) is 11.2. The van der Waals surface area contributed by atoms with Crippen molar-refractivity contribution in [2.75, 3.05) is 13.7 Å². The van der Waals surface area contributed by atoms with Gasteiger partial charge in [-0.15, -0.1) is 0 Å². The van der Waals surface area contributed by atoms with Gasteiger partial charge in [0.2, 0.25) is 5.91 Å². The van der Waals surface area contributed by atoms with Crippen LogP contribution in [0.3, 0.4) is 0 Å². The van der Waals surface area contributed by atoms with E-state index in [2.05, 4.69) is 10.3 Å². The van der Waals surface area contributed by atoms with Crippen molar-refractivity contribution >= 4 is 39.6 Å². The number of allylic oxidation sites excluding steroid dienone is 1. The minimum atomic E-state index is -0.161. The lowest BCUT2D eigenvalue weighted by molar-refractivity contribution is -0.115. The predicted octanol–water partition coefficient (Wildman–Crippen LogP) is 3.12. The third kappa shape index (κ3) is 3.46. The highest BCUT2D eigenvalue weighted by Gasteiger charge is 2.23. The van der Waals surface area contributed by atoms with Gasteiger partial charge in [0, 0.05) is 37.3 Å². The van der Waals surface area contributed by atoms with Crippen LogP contribution in [0, 0.1) is 5.92 Å². The van der Waals surface area contributed by atoms with Crippen LogP contribution in [0.5, 0.6) is 0 Å². The largest absolute Gasteiger partial charge is 0.385 e. The zero-order valence-electron chi connectivity index (χ0n) is 12.9. The average molecular weight is 326 g/mol. The maximum Gasteiger partial charge on any atom is 0.249 e. The normalized spacial score (nSPS) is 18.5. The molecule has 0 spiro atoms. The molecule has 3 rings (SSSR count). The first-order valence-corrected chi connectivity index (χ1v) is 7.98. The molecule has 0 radical (unpaired) electrons. The minimum Gasteiger partial charge on any atom is -0.385 e.